The molecule has 0 spiro atoms. The number of halogens is 2. The van der Waals surface area contributed by atoms with Gasteiger partial charge in [0, 0.05) is 0 Å². The third-order valence-electron chi connectivity index (χ3n) is 3.24. The number of hydrogen-bond acceptors (Lipinski definition) is 0. The summed E-state index contributed by atoms with van der Waals surface area (Å²) in [5, 5.41) is 0. The zero-order valence-electron chi connectivity index (χ0n) is 12.0. The molecule has 0 saturated carbocycles. The summed E-state index contributed by atoms with van der Waals surface area (Å²) in [6.07, 6.45) is 0. The van der Waals surface area contributed by atoms with E-state index < -0.39 is 9.90 Å². The Balaban J connectivity index is 2.46. The van der Waals surface area contributed by atoms with Crippen LogP contribution in [0.1, 0.15) is 22.3 Å². The summed E-state index contributed by atoms with van der Waals surface area (Å²) in [7, 11) is -2.32. The van der Waals surface area contributed by atoms with Crippen LogP contribution in [0.4, 0.5) is 0 Å². The SMILES string of the molecule is Cc1cccc(C)c1[Te][Te](Br)(Br)c1c(C)cccc1C. The van der Waals surface area contributed by atoms with E-state index in [0.717, 1.165) is 0 Å². The Morgan fingerprint density at radius 3 is 1.60 bits per heavy atom. The molecule has 0 N–H and O–H groups in total. The van der Waals surface area contributed by atoms with Crippen molar-refractivity contribution in [3.8, 4) is 0 Å². The number of benzene rings is 2. The zero-order valence-corrected chi connectivity index (χ0v) is 19.9. The molecule has 0 saturated heterocycles. The van der Waals surface area contributed by atoms with Crippen molar-refractivity contribution >= 4 is 59.7 Å². The van der Waals surface area contributed by atoms with E-state index in [1.54, 1.807) is 7.22 Å². The molecule has 2 rings (SSSR count). The van der Waals surface area contributed by atoms with Gasteiger partial charge in [-0.15, -0.1) is 0 Å². The van der Waals surface area contributed by atoms with Gasteiger partial charge in [-0.3, -0.25) is 0 Å². The molecule has 20 heavy (non-hydrogen) atoms. The number of rotatable bonds is 3. The van der Waals surface area contributed by atoms with Crippen LogP contribution in [0.3, 0.4) is 0 Å². The Morgan fingerprint density at radius 2 is 1.15 bits per heavy atom. The molecule has 0 aliphatic carbocycles. The summed E-state index contributed by atoms with van der Waals surface area (Å²) in [6.45, 7) is 8.97. The van der Waals surface area contributed by atoms with Gasteiger partial charge >= 0.3 is 146 Å². The molecule has 0 fully saturated rings. The monoisotopic (exact) mass is 628 g/mol. The van der Waals surface area contributed by atoms with E-state index in [0.29, 0.717) is 0 Å². The van der Waals surface area contributed by atoms with Crippen molar-refractivity contribution in [3.63, 3.8) is 0 Å². The summed E-state index contributed by atoms with van der Waals surface area (Å²) in [5.74, 6) is 0. The molecule has 0 unspecified atom stereocenters. The Bertz CT molecular complexity index is 596. The summed E-state index contributed by atoms with van der Waals surface area (Å²) < 4.78 is 3.20. The fourth-order valence-corrected chi connectivity index (χ4v) is 41.2. The van der Waals surface area contributed by atoms with Crippen molar-refractivity contribution in [1.82, 2.24) is 0 Å². The fraction of sp³-hybridized carbons (Fsp3) is 0.250. The van der Waals surface area contributed by atoms with Crippen LogP contribution < -0.4 is 7.22 Å². The number of hydrogen-bond donors (Lipinski definition) is 0. The molecular formula is C16H18Br2Te2. The molecule has 4 heteroatoms. The van der Waals surface area contributed by atoms with Gasteiger partial charge in [0.2, 0.25) is 0 Å². The van der Waals surface area contributed by atoms with Crippen LogP contribution in [0.15, 0.2) is 36.4 Å². The predicted molar refractivity (Wildman–Crippen MR) is 100 cm³/mol. The predicted octanol–water partition coefficient (Wildman–Crippen LogP) is 3.89. The van der Waals surface area contributed by atoms with E-state index in [1.807, 2.05) is 0 Å². The van der Waals surface area contributed by atoms with E-state index in [9.17, 15) is 0 Å². The quantitative estimate of drug-likeness (QED) is 0.455. The molecule has 0 bridgehead atoms. The molecule has 0 heterocycles. The van der Waals surface area contributed by atoms with Crippen LogP contribution in [0.5, 0.6) is 0 Å². The normalized spacial score (nSPS) is 12.5. The Hall–Kier alpha value is 0.979. The van der Waals surface area contributed by atoms with Gasteiger partial charge in [-0.1, -0.05) is 0 Å². The topological polar surface area (TPSA) is 0 Å². The van der Waals surface area contributed by atoms with Crippen molar-refractivity contribution in [2.45, 2.75) is 27.7 Å². The van der Waals surface area contributed by atoms with Crippen molar-refractivity contribution in [3.05, 3.63) is 58.7 Å². The zero-order chi connectivity index (χ0) is 14.9. The van der Waals surface area contributed by atoms with Gasteiger partial charge in [-0.2, -0.15) is 0 Å². The molecule has 0 aliphatic rings. The van der Waals surface area contributed by atoms with Crippen LogP contribution in [-0.4, -0.2) is 27.0 Å². The third-order valence-corrected chi connectivity index (χ3v) is 36.0. The Morgan fingerprint density at radius 1 is 0.750 bits per heavy atom. The Kier molecular flexibility index (Phi) is 6.10. The molecule has 0 aromatic heterocycles. The molecule has 2 aromatic carbocycles. The van der Waals surface area contributed by atoms with Gasteiger partial charge in [-0.05, 0) is 0 Å². The molecule has 0 atom stereocenters. The van der Waals surface area contributed by atoms with E-state index in [4.69, 9.17) is 0 Å². The first kappa shape index (κ1) is 17.3. The molecule has 2 aromatic rings. The Labute approximate surface area is 144 Å². The molecule has 0 radical (unpaired) electrons. The second kappa shape index (κ2) is 7.04. The van der Waals surface area contributed by atoms with Crippen LogP contribution in [0.2, 0.25) is 0 Å². The van der Waals surface area contributed by atoms with Crippen molar-refractivity contribution in [2.75, 3.05) is 0 Å². The molecular weight excluding hydrogens is 607 g/mol. The summed E-state index contributed by atoms with van der Waals surface area (Å²) in [5.41, 5.74) is 5.76. The summed E-state index contributed by atoms with van der Waals surface area (Å²) >= 11 is 8.06. The fourth-order valence-electron chi connectivity index (χ4n) is 2.25. The van der Waals surface area contributed by atoms with Crippen LogP contribution in [-0.2, 0) is 0 Å². The van der Waals surface area contributed by atoms with Crippen LogP contribution >= 0.6 is 25.5 Å². The maximum absolute atomic E-state index is 4.16. The van der Waals surface area contributed by atoms with E-state index in [1.165, 1.54) is 22.3 Å². The molecule has 0 aliphatic heterocycles. The summed E-state index contributed by atoms with van der Waals surface area (Å²) in [4.78, 5) is 0. The average molecular weight is 625 g/mol. The average Bonchev–Trinajstić information content (AvgIpc) is 2.33. The van der Waals surface area contributed by atoms with E-state index >= 15 is 0 Å². The number of aryl methyl sites for hydroxylation is 4. The van der Waals surface area contributed by atoms with Gasteiger partial charge in [-0.25, -0.2) is 0 Å². The van der Waals surface area contributed by atoms with E-state index in [2.05, 4.69) is 89.6 Å². The van der Waals surface area contributed by atoms with Crippen LogP contribution in [0.25, 0.3) is 0 Å². The van der Waals surface area contributed by atoms with Gasteiger partial charge in [0.15, 0.2) is 0 Å². The molecule has 0 amide bonds. The minimum absolute atomic E-state index is 0.265. The van der Waals surface area contributed by atoms with Gasteiger partial charge in [0.05, 0.1) is 0 Å². The van der Waals surface area contributed by atoms with Gasteiger partial charge in [0.25, 0.3) is 0 Å². The third kappa shape index (κ3) is 3.84. The van der Waals surface area contributed by atoms with Crippen molar-refractivity contribution in [1.29, 1.82) is 0 Å². The second-order valence-corrected chi connectivity index (χ2v) is 59.7. The first-order valence-corrected chi connectivity index (χ1v) is 26.5. The van der Waals surface area contributed by atoms with Crippen LogP contribution in [0, 0.1) is 27.7 Å². The second-order valence-electron chi connectivity index (χ2n) is 4.95. The standard InChI is InChI=1S/C16H18Br2Te2/c1-11-7-5-8-12(2)15(11)19-20(17,18)16-13(3)9-6-10-14(16)4/h5-10H,1-4H3. The first-order chi connectivity index (χ1) is 9.33. The summed E-state index contributed by atoms with van der Waals surface area (Å²) in [6, 6.07) is 13.3. The molecule has 108 valence electrons. The van der Waals surface area contributed by atoms with Gasteiger partial charge in [0.1, 0.15) is 0 Å². The van der Waals surface area contributed by atoms with Gasteiger partial charge < -0.3 is 0 Å². The molecule has 0 nitrogen and oxygen atoms in total. The van der Waals surface area contributed by atoms with Crippen molar-refractivity contribution < 1.29 is 0 Å². The van der Waals surface area contributed by atoms with Crippen molar-refractivity contribution in [2.24, 2.45) is 0 Å². The maximum atomic E-state index is 4.16. The minimum atomic E-state index is -2.32. The van der Waals surface area contributed by atoms with E-state index in [-0.39, 0.29) is 17.1 Å². The first-order valence-electron chi connectivity index (χ1n) is 6.37.